The van der Waals surface area contributed by atoms with Crippen molar-refractivity contribution in [3.8, 4) is 0 Å². The molecule has 0 radical (unpaired) electrons. The molecule has 0 aromatic heterocycles. The molecule has 1 heterocycles. The fourth-order valence-corrected chi connectivity index (χ4v) is 3.91. The van der Waals surface area contributed by atoms with Crippen LogP contribution >= 0.6 is 27.7 Å². The summed E-state index contributed by atoms with van der Waals surface area (Å²) in [4.78, 5) is 1.47. The first-order chi connectivity index (χ1) is 7.79. The Bertz CT molecular complexity index is 317. The summed E-state index contributed by atoms with van der Waals surface area (Å²) in [7, 11) is 0. The van der Waals surface area contributed by atoms with Gasteiger partial charge in [-0.1, -0.05) is 34.1 Å². The summed E-state index contributed by atoms with van der Waals surface area (Å²) < 4.78 is 0. The largest absolute Gasteiger partial charge is 0.313 e. The number of benzene rings is 1. The molecule has 3 heteroatoms. The number of thioether (sulfide) groups is 1. The van der Waals surface area contributed by atoms with Crippen LogP contribution in [0.15, 0.2) is 29.2 Å². The summed E-state index contributed by atoms with van der Waals surface area (Å²) in [6.07, 6.45) is 2.42. The summed E-state index contributed by atoms with van der Waals surface area (Å²) in [5.74, 6) is 0. The first-order valence-electron chi connectivity index (χ1n) is 5.83. The SMILES string of the molecule is CC(CCBr)NCC1Cc2ccccc2S1. The predicted molar refractivity (Wildman–Crippen MR) is 75.7 cm³/mol. The number of nitrogens with one attached hydrogen (secondary N) is 1. The van der Waals surface area contributed by atoms with Crippen molar-refractivity contribution in [2.24, 2.45) is 0 Å². The Morgan fingerprint density at radius 1 is 1.50 bits per heavy atom. The number of hydrogen-bond acceptors (Lipinski definition) is 2. The number of alkyl halides is 1. The fourth-order valence-electron chi connectivity index (χ4n) is 1.97. The van der Waals surface area contributed by atoms with Crippen molar-refractivity contribution in [2.75, 3.05) is 11.9 Å². The molecule has 16 heavy (non-hydrogen) atoms. The van der Waals surface area contributed by atoms with Gasteiger partial charge < -0.3 is 5.32 Å². The summed E-state index contributed by atoms with van der Waals surface area (Å²) >= 11 is 5.50. The molecular formula is C13H18BrNS. The molecule has 88 valence electrons. The molecule has 1 aliphatic heterocycles. The van der Waals surface area contributed by atoms with Crippen molar-refractivity contribution < 1.29 is 0 Å². The van der Waals surface area contributed by atoms with Crippen LogP contribution in [0.5, 0.6) is 0 Å². The second-order valence-electron chi connectivity index (χ2n) is 4.34. The average molecular weight is 300 g/mol. The van der Waals surface area contributed by atoms with Crippen LogP contribution in [0.3, 0.4) is 0 Å². The Kier molecular flexibility index (Phi) is 4.74. The molecule has 0 saturated carbocycles. The molecule has 1 nitrogen and oxygen atoms in total. The zero-order chi connectivity index (χ0) is 11.4. The van der Waals surface area contributed by atoms with Crippen LogP contribution in [-0.2, 0) is 6.42 Å². The van der Waals surface area contributed by atoms with E-state index >= 15 is 0 Å². The zero-order valence-electron chi connectivity index (χ0n) is 9.58. The average Bonchev–Trinajstić information content (AvgIpc) is 2.69. The molecule has 2 atom stereocenters. The summed E-state index contributed by atoms with van der Waals surface area (Å²) in [5, 5.41) is 5.41. The van der Waals surface area contributed by atoms with Crippen molar-refractivity contribution in [1.82, 2.24) is 5.32 Å². The third kappa shape index (κ3) is 3.25. The highest BCUT2D eigenvalue weighted by molar-refractivity contribution is 9.09. The molecule has 0 aliphatic carbocycles. The summed E-state index contributed by atoms with van der Waals surface area (Å²) in [5.41, 5.74) is 1.52. The van der Waals surface area contributed by atoms with Crippen LogP contribution in [-0.4, -0.2) is 23.2 Å². The van der Waals surface area contributed by atoms with Gasteiger partial charge in [0.05, 0.1) is 0 Å². The minimum absolute atomic E-state index is 0.615. The van der Waals surface area contributed by atoms with Gasteiger partial charge in [-0.05, 0) is 31.4 Å². The second-order valence-corrected chi connectivity index (χ2v) is 6.47. The van der Waals surface area contributed by atoms with Crippen molar-refractivity contribution in [1.29, 1.82) is 0 Å². The monoisotopic (exact) mass is 299 g/mol. The van der Waals surface area contributed by atoms with Crippen molar-refractivity contribution in [3.05, 3.63) is 29.8 Å². The first-order valence-corrected chi connectivity index (χ1v) is 7.83. The lowest BCUT2D eigenvalue weighted by Crippen LogP contribution is -2.32. The van der Waals surface area contributed by atoms with E-state index in [1.54, 1.807) is 0 Å². The molecule has 0 spiro atoms. The maximum Gasteiger partial charge on any atom is 0.0260 e. The van der Waals surface area contributed by atoms with Crippen LogP contribution in [0.25, 0.3) is 0 Å². The van der Waals surface area contributed by atoms with Gasteiger partial charge in [0.2, 0.25) is 0 Å². The molecule has 1 N–H and O–H groups in total. The van der Waals surface area contributed by atoms with Gasteiger partial charge in [-0.15, -0.1) is 11.8 Å². The smallest absolute Gasteiger partial charge is 0.0260 e. The fraction of sp³-hybridized carbons (Fsp3) is 0.538. The van der Waals surface area contributed by atoms with E-state index in [9.17, 15) is 0 Å². The molecule has 0 saturated heterocycles. The Balaban J connectivity index is 1.79. The van der Waals surface area contributed by atoms with E-state index in [0.29, 0.717) is 6.04 Å². The molecule has 1 aliphatic rings. The molecular weight excluding hydrogens is 282 g/mol. The van der Waals surface area contributed by atoms with Gasteiger partial charge in [-0.2, -0.15) is 0 Å². The number of fused-ring (bicyclic) bond motifs is 1. The van der Waals surface area contributed by atoms with Gasteiger partial charge in [-0.25, -0.2) is 0 Å². The van der Waals surface area contributed by atoms with E-state index in [2.05, 4.69) is 52.4 Å². The van der Waals surface area contributed by atoms with E-state index < -0.39 is 0 Å². The summed E-state index contributed by atoms with van der Waals surface area (Å²) in [6, 6.07) is 9.38. The molecule has 1 aromatic rings. The van der Waals surface area contributed by atoms with Gasteiger partial charge in [-0.3, -0.25) is 0 Å². The minimum atomic E-state index is 0.615. The second kappa shape index (κ2) is 6.08. The number of rotatable bonds is 5. The van der Waals surface area contributed by atoms with Crippen LogP contribution < -0.4 is 5.32 Å². The molecule has 1 aromatic carbocycles. The van der Waals surface area contributed by atoms with E-state index in [0.717, 1.165) is 17.1 Å². The third-order valence-corrected chi connectivity index (χ3v) is 4.73. The molecule has 2 rings (SSSR count). The van der Waals surface area contributed by atoms with Crippen molar-refractivity contribution >= 4 is 27.7 Å². The lowest BCUT2D eigenvalue weighted by atomic mass is 10.1. The summed E-state index contributed by atoms with van der Waals surface area (Å²) in [6.45, 7) is 3.38. The lowest BCUT2D eigenvalue weighted by Gasteiger charge is -2.15. The number of hydrogen-bond donors (Lipinski definition) is 1. The van der Waals surface area contributed by atoms with Crippen LogP contribution in [0.1, 0.15) is 18.9 Å². The van der Waals surface area contributed by atoms with Gasteiger partial charge in [0.1, 0.15) is 0 Å². The van der Waals surface area contributed by atoms with Crippen molar-refractivity contribution in [2.45, 2.75) is 36.0 Å². The quantitative estimate of drug-likeness (QED) is 0.836. The third-order valence-electron chi connectivity index (χ3n) is 2.95. The minimum Gasteiger partial charge on any atom is -0.313 e. The van der Waals surface area contributed by atoms with Gasteiger partial charge in [0, 0.05) is 28.1 Å². The molecule has 2 unspecified atom stereocenters. The molecule has 0 fully saturated rings. The number of halogens is 1. The first kappa shape index (κ1) is 12.5. The Hall–Kier alpha value is 0.01000. The van der Waals surface area contributed by atoms with E-state index in [1.807, 2.05) is 11.8 Å². The van der Waals surface area contributed by atoms with Gasteiger partial charge in [0.15, 0.2) is 0 Å². The van der Waals surface area contributed by atoms with Crippen molar-refractivity contribution in [3.63, 3.8) is 0 Å². The van der Waals surface area contributed by atoms with Gasteiger partial charge >= 0.3 is 0 Å². The van der Waals surface area contributed by atoms with Crippen LogP contribution in [0, 0.1) is 0 Å². The molecule has 0 bridgehead atoms. The highest BCUT2D eigenvalue weighted by Crippen LogP contribution is 2.36. The van der Waals surface area contributed by atoms with E-state index in [1.165, 1.54) is 23.3 Å². The zero-order valence-corrected chi connectivity index (χ0v) is 12.0. The molecule has 0 amide bonds. The highest BCUT2D eigenvalue weighted by Gasteiger charge is 2.21. The maximum absolute atomic E-state index is 3.61. The highest BCUT2D eigenvalue weighted by atomic mass is 79.9. The maximum atomic E-state index is 3.61. The standard InChI is InChI=1S/C13H18BrNS/c1-10(6-7-14)15-9-12-8-11-4-2-3-5-13(11)16-12/h2-5,10,12,15H,6-9H2,1H3. The van der Waals surface area contributed by atoms with E-state index in [-0.39, 0.29) is 0 Å². The van der Waals surface area contributed by atoms with Crippen LogP contribution in [0.2, 0.25) is 0 Å². The lowest BCUT2D eigenvalue weighted by molar-refractivity contribution is 0.535. The normalized spacial score (nSPS) is 20.8. The van der Waals surface area contributed by atoms with Crippen LogP contribution in [0.4, 0.5) is 0 Å². The Labute approximate surface area is 111 Å². The van der Waals surface area contributed by atoms with E-state index in [4.69, 9.17) is 0 Å². The van der Waals surface area contributed by atoms with Gasteiger partial charge in [0.25, 0.3) is 0 Å². The Morgan fingerprint density at radius 3 is 3.06 bits per heavy atom. The Morgan fingerprint density at radius 2 is 2.31 bits per heavy atom. The predicted octanol–water partition coefficient (Wildman–Crippen LogP) is 3.47. The topological polar surface area (TPSA) is 12.0 Å².